The van der Waals surface area contributed by atoms with E-state index >= 15 is 0 Å². The fourth-order valence-electron chi connectivity index (χ4n) is 3.51. The Balaban J connectivity index is 1.79. The number of ether oxygens (including phenoxy) is 1. The lowest BCUT2D eigenvalue weighted by molar-refractivity contribution is -0.346. The van der Waals surface area contributed by atoms with Gasteiger partial charge in [-0.3, -0.25) is 0 Å². The van der Waals surface area contributed by atoms with Crippen LogP contribution in [0.5, 0.6) is 0 Å². The van der Waals surface area contributed by atoms with E-state index in [0.717, 1.165) is 25.7 Å². The molecule has 0 spiro atoms. The van der Waals surface area contributed by atoms with Crippen molar-refractivity contribution in [2.75, 3.05) is 0 Å². The highest BCUT2D eigenvalue weighted by molar-refractivity contribution is 4.74. The molecule has 0 amide bonds. The minimum absolute atomic E-state index is 0.539. The molecule has 2 rings (SSSR count). The highest BCUT2D eigenvalue weighted by Gasteiger charge is 2.46. The first-order valence-corrected chi connectivity index (χ1v) is 9.19. The number of hydrogen-bond donors (Lipinski definition) is 0. The Bertz CT molecular complexity index is 266. The molecule has 3 nitrogen and oxygen atoms in total. The lowest BCUT2D eigenvalue weighted by Crippen LogP contribution is -2.32. The number of hydrogen-bond acceptors (Lipinski definition) is 3. The van der Waals surface area contributed by atoms with Crippen LogP contribution in [0.1, 0.15) is 104 Å². The van der Waals surface area contributed by atoms with Crippen LogP contribution in [0, 0.1) is 0 Å². The van der Waals surface area contributed by atoms with Gasteiger partial charge in [-0.25, -0.2) is 0 Å². The molecule has 2 atom stereocenters. The van der Waals surface area contributed by atoms with Crippen LogP contribution in [-0.4, -0.2) is 11.6 Å². The summed E-state index contributed by atoms with van der Waals surface area (Å²) in [6, 6.07) is 0. The van der Waals surface area contributed by atoms with Crippen molar-refractivity contribution in [2.45, 2.75) is 115 Å². The first kappa shape index (κ1) is 17.2. The van der Waals surface area contributed by atoms with Crippen molar-refractivity contribution in [3.8, 4) is 0 Å². The van der Waals surface area contributed by atoms with Crippen LogP contribution < -0.4 is 0 Å². The second kappa shape index (κ2) is 8.50. The summed E-state index contributed by atoms with van der Waals surface area (Å²) >= 11 is 0. The van der Waals surface area contributed by atoms with Gasteiger partial charge in [0.1, 0.15) is 0 Å². The Hall–Kier alpha value is -0.120. The van der Waals surface area contributed by atoms with Crippen molar-refractivity contribution in [2.24, 2.45) is 0 Å². The minimum atomic E-state index is -0.539. The Morgan fingerprint density at radius 1 is 0.476 bits per heavy atom. The van der Waals surface area contributed by atoms with Gasteiger partial charge >= 0.3 is 0 Å². The molecule has 0 aromatic rings. The molecule has 2 aliphatic heterocycles. The highest BCUT2D eigenvalue weighted by atomic mass is 17.3. The average Bonchev–Trinajstić information content (AvgIpc) is 2.75. The molecule has 0 unspecified atom stereocenters. The van der Waals surface area contributed by atoms with Crippen LogP contribution in [0.15, 0.2) is 0 Å². The zero-order chi connectivity index (χ0) is 15.0. The zero-order valence-corrected chi connectivity index (χ0v) is 14.1. The van der Waals surface area contributed by atoms with Gasteiger partial charge in [-0.1, -0.05) is 64.2 Å². The van der Waals surface area contributed by atoms with Crippen LogP contribution in [0.3, 0.4) is 0 Å². The van der Waals surface area contributed by atoms with Gasteiger partial charge in [-0.15, -0.1) is 0 Å². The standard InChI is InChI=1S/C18H34O3/c1-17-15-13-11-9-7-5-3-4-6-8-10-12-14-16-18(2,19-17)21-20-17/h3-16H2,1-2H3/t17-,18-/m1/s1. The molecule has 2 bridgehead atoms. The normalized spacial score (nSPS) is 38.0. The minimum Gasteiger partial charge on any atom is -0.313 e. The Morgan fingerprint density at radius 2 is 0.762 bits per heavy atom. The molecule has 0 N–H and O–H groups in total. The van der Waals surface area contributed by atoms with E-state index in [4.69, 9.17) is 14.5 Å². The maximum atomic E-state index is 6.12. The molecule has 2 heterocycles. The van der Waals surface area contributed by atoms with Gasteiger partial charge in [-0.2, -0.15) is 9.78 Å². The van der Waals surface area contributed by atoms with E-state index in [1.165, 1.54) is 64.2 Å². The van der Waals surface area contributed by atoms with Gasteiger partial charge in [0, 0.05) is 12.8 Å². The third-order valence-electron chi connectivity index (χ3n) is 4.84. The lowest BCUT2D eigenvalue weighted by atomic mass is 10.0. The SMILES string of the molecule is C[C@]12CCCCCCCCCCCCCC[C@@](C)(OO1)O2. The summed E-state index contributed by atoms with van der Waals surface area (Å²) in [5.74, 6) is -1.08. The third-order valence-corrected chi connectivity index (χ3v) is 4.84. The predicted octanol–water partition coefficient (Wildman–Crippen LogP) is 5.87. The summed E-state index contributed by atoms with van der Waals surface area (Å²) in [6.45, 7) is 4.04. The fourth-order valence-corrected chi connectivity index (χ4v) is 3.51. The number of rotatable bonds is 0. The summed E-state index contributed by atoms with van der Waals surface area (Å²) in [5, 5.41) is 0. The van der Waals surface area contributed by atoms with Crippen molar-refractivity contribution >= 4 is 0 Å². The van der Waals surface area contributed by atoms with E-state index in [0.29, 0.717) is 0 Å². The summed E-state index contributed by atoms with van der Waals surface area (Å²) in [7, 11) is 0. The van der Waals surface area contributed by atoms with Gasteiger partial charge in [0.15, 0.2) is 0 Å². The topological polar surface area (TPSA) is 27.7 Å². The molecular formula is C18H34O3. The van der Waals surface area contributed by atoms with Gasteiger partial charge in [0.05, 0.1) is 0 Å². The smallest absolute Gasteiger partial charge is 0.202 e. The van der Waals surface area contributed by atoms with Crippen molar-refractivity contribution < 1.29 is 14.5 Å². The highest BCUT2D eigenvalue weighted by Crippen LogP contribution is 2.39. The van der Waals surface area contributed by atoms with Gasteiger partial charge < -0.3 is 4.74 Å². The molecule has 0 radical (unpaired) electrons. The molecule has 21 heavy (non-hydrogen) atoms. The molecule has 2 aliphatic rings. The molecule has 2 saturated heterocycles. The first-order valence-electron chi connectivity index (χ1n) is 9.19. The van der Waals surface area contributed by atoms with Gasteiger partial charge in [0.2, 0.25) is 11.6 Å². The largest absolute Gasteiger partial charge is 0.313 e. The summed E-state index contributed by atoms with van der Waals surface area (Å²) < 4.78 is 6.12. The van der Waals surface area contributed by atoms with Crippen LogP contribution in [0.2, 0.25) is 0 Å². The second-order valence-electron chi connectivity index (χ2n) is 7.28. The van der Waals surface area contributed by atoms with E-state index in [1.54, 1.807) is 0 Å². The average molecular weight is 298 g/mol. The van der Waals surface area contributed by atoms with Crippen LogP contribution in [0.25, 0.3) is 0 Å². The van der Waals surface area contributed by atoms with E-state index in [2.05, 4.69) is 0 Å². The van der Waals surface area contributed by atoms with Crippen LogP contribution >= 0.6 is 0 Å². The number of fused-ring (bicyclic) bond motifs is 2. The maximum Gasteiger partial charge on any atom is 0.202 e. The van der Waals surface area contributed by atoms with E-state index in [1.807, 2.05) is 13.8 Å². The fraction of sp³-hybridized carbons (Fsp3) is 1.00. The molecule has 0 aromatic heterocycles. The lowest BCUT2D eigenvalue weighted by Gasteiger charge is -2.24. The van der Waals surface area contributed by atoms with E-state index in [9.17, 15) is 0 Å². The van der Waals surface area contributed by atoms with Crippen molar-refractivity contribution in [1.29, 1.82) is 0 Å². The summed E-state index contributed by atoms with van der Waals surface area (Å²) in [5.41, 5.74) is 0. The second-order valence-corrected chi connectivity index (χ2v) is 7.28. The molecule has 0 saturated carbocycles. The maximum absolute atomic E-state index is 6.12. The van der Waals surface area contributed by atoms with Gasteiger partial charge in [0.25, 0.3) is 0 Å². The molecule has 2 fully saturated rings. The summed E-state index contributed by atoms with van der Waals surface area (Å²) in [6.07, 6.45) is 17.9. The molecule has 0 aromatic carbocycles. The molecular weight excluding hydrogens is 264 g/mol. The van der Waals surface area contributed by atoms with E-state index in [-0.39, 0.29) is 0 Å². The van der Waals surface area contributed by atoms with Crippen molar-refractivity contribution in [3.05, 3.63) is 0 Å². The Morgan fingerprint density at radius 3 is 1.10 bits per heavy atom. The van der Waals surface area contributed by atoms with Crippen molar-refractivity contribution in [1.82, 2.24) is 0 Å². The van der Waals surface area contributed by atoms with Crippen LogP contribution in [0.4, 0.5) is 0 Å². The van der Waals surface area contributed by atoms with Crippen molar-refractivity contribution in [3.63, 3.8) is 0 Å². The Kier molecular flexibility index (Phi) is 6.97. The third kappa shape index (κ3) is 6.25. The van der Waals surface area contributed by atoms with E-state index < -0.39 is 11.6 Å². The molecule has 0 aliphatic carbocycles. The predicted molar refractivity (Wildman–Crippen MR) is 84.7 cm³/mol. The summed E-state index contributed by atoms with van der Waals surface area (Å²) in [4.78, 5) is 11.1. The zero-order valence-electron chi connectivity index (χ0n) is 14.1. The molecule has 124 valence electrons. The van der Waals surface area contributed by atoms with Gasteiger partial charge in [-0.05, 0) is 26.7 Å². The van der Waals surface area contributed by atoms with Crippen LogP contribution in [-0.2, 0) is 14.5 Å². The monoisotopic (exact) mass is 298 g/mol. The molecule has 3 heteroatoms. The quantitative estimate of drug-likeness (QED) is 0.523. The first-order chi connectivity index (χ1) is 10.1. The Labute approximate surface area is 130 Å².